The van der Waals surface area contributed by atoms with Gasteiger partial charge in [0.15, 0.2) is 0 Å². The van der Waals surface area contributed by atoms with Gasteiger partial charge >= 0.3 is 0 Å². The minimum Gasteiger partial charge on any atom is -0.436 e. The molecule has 11 heteroatoms. The van der Waals surface area contributed by atoms with E-state index in [0.717, 1.165) is 0 Å². The van der Waals surface area contributed by atoms with E-state index in [1.165, 1.54) is 65.6 Å². The number of halogens is 3. The Morgan fingerprint density at radius 3 is 2.58 bits per heavy atom. The fourth-order valence-electron chi connectivity index (χ4n) is 2.87. The quantitative estimate of drug-likeness (QED) is 0.423. The molecule has 0 fully saturated rings. The average Bonchev–Trinajstić information content (AvgIpc) is 2.79. The van der Waals surface area contributed by atoms with Crippen LogP contribution in [0.2, 0.25) is 10.0 Å². The molecule has 33 heavy (non-hydrogen) atoms. The number of hydrogen-bond donors (Lipinski definition) is 2. The molecule has 0 aliphatic carbocycles. The number of benzene rings is 2. The Balaban J connectivity index is 1.55. The van der Waals surface area contributed by atoms with E-state index >= 15 is 0 Å². The van der Waals surface area contributed by atoms with Crippen LogP contribution in [0, 0.1) is 5.82 Å². The number of amides is 1. The van der Waals surface area contributed by atoms with Crippen LogP contribution in [0.15, 0.2) is 71.9 Å². The molecule has 0 aliphatic heterocycles. The SMILES string of the molecule is Nc1ncnc(Oc2ccc(NC(=O)c3cccn(-c4ccc(F)cc4)c3=O)cc2Cl)c1Cl. The molecule has 0 radical (unpaired) electrons. The number of hydrogen-bond acceptors (Lipinski definition) is 6. The first-order chi connectivity index (χ1) is 15.8. The fourth-order valence-corrected chi connectivity index (χ4v) is 3.23. The summed E-state index contributed by atoms with van der Waals surface area (Å²) in [6.45, 7) is 0. The van der Waals surface area contributed by atoms with E-state index < -0.39 is 17.3 Å². The van der Waals surface area contributed by atoms with Crippen molar-refractivity contribution in [3.8, 4) is 17.3 Å². The van der Waals surface area contributed by atoms with Gasteiger partial charge < -0.3 is 15.8 Å². The van der Waals surface area contributed by atoms with Gasteiger partial charge in [-0.1, -0.05) is 23.2 Å². The molecule has 2 aromatic carbocycles. The highest BCUT2D eigenvalue weighted by Gasteiger charge is 2.15. The van der Waals surface area contributed by atoms with Gasteiger partial charge in [0.05, 0.1) is 5.02 Å². The largest absolute Gasteiger partial charge is 0.436 e. The molecule has 0 bridgehead atoms. The molecule has 3 N–H and O–H groups in total. The van der Waals surface area contributed by atoms with Gasteiger partial charge in [-0.05, 0) is 54.6 Å². The molecule has 0 saturated heterocycles. The zero-order valence-electron chi connectivity index (χ0n) is 16.6. The summed E-state index contributed by atoms with van der Waals surface area (Å²) in [5.41, 5.74) is 5.69. The number of carbonyl (C=O) groups is 1. The van der Waals surface area contributed by atoms with Crippen molar-refractivity contribution in [3.05, 3.63) is 98.9 Å². The van der Waals surface area contributed by atoms with Gasteiger partial charge in [0, 0.05) is 17.6 Å². The van der Waals surface area contributed by atoms with E-state index in [0.29, 0.717) is 11.4 Å². The van der Waals surface area contributed by atoms with Crippen LogP contribution >= 0.6 is 23.2 Å². The summed E-state index contributed by atoms with van der Waals surface area (Å²) in [5, 5.41) is 2.80. The smallest absolute Gasteiger partial charge is 0.267 e. The number of nitrogens with zero attached hydrogens (tertiary/aromatic N) is 3. The lowest BCUT2D eigenvalue weighted by molar-refractivity contribution is 0.102. The Morgan fingerprint density at radius 2 is 1.85 bits per heavy atom. The Kier molecular flexibility index (Phi) is 6.25. The van der Waals surface area contributed by atoms with Crippen LogP contribution in [0.5, 0.6) is 11.6 Å². The predicted octanol–water partition coefficient (Wildman–Crippen LogP) is 4.70. The van der Waals surface area contributed by atoms with Crippen molar-refractivity contribution in [1.29, 1.82) is 0 Å². The molecule has 1 amide bonds. The second kappa shape index (κ2) is 9.27. The third-order valence-electron chi connectivity index (χ3n) is 4.48. The van der Waals surface area contributed by atoms with Crippen LogP contribution in [0.1, 0.15) is 10.4 Å². The Hall–Kier alpha value is -3.95. The lowest BCUT2D eigenvalue weighted by atomic mass is 10.2. The summed E-state index contributed by atoms with van der Waals surface area (Å²) < 4.78 is 20.0. The minimum atomic E-state index is -0.646. The molecule has 166 valence electrons. The van der Waals surface area contributed by atoms with Gasteiger partial charge in [-0.3, -0.25) is 14.2 Å². The number of carbonyl (C=O) groups excluding carboxylic acids is 1. The zero-order chi connectivity index (χ0) is 23.5. The van der Waals surface area contributed by atoms with Crippen molar-refractivity contribution in [2.45, 2.75) is 0 Å². The first-order valence-electron chi connectivity index (χ1n) is 9.36. The van der Waals surface area contributed by atoms with Crippen LogP contribution in [-0.2, 0) is 0 Å². The van der Waals surface area contributed by atoms with Crippen molar-refractivity contribution in [2.75, 3.05) is 11.1 Å². The summed E-state index contributed by atoms with van der Waals surface area (Å²) in [5.74, 6) is -0.791. The van der Waals surface area contributed by atoms with Gasteiger partial charge in [-0.25, -0.2) is 9.37 Å². The summed E-state index contributed by atoms with van der Waals surface area (Å²) in [6.07, 6.45) is 2.68. The number of pyridine rings is 1. The van der Waals surface area contributed by atoms with Crippen molar-refractivity contribution in [2.24, 2.45) is 0 Å². The Morgan fingerprint density at radius 1 is 1.09 bits per heavy atom. The van der Waals surface area contributed by atoms with Crippen molar-refractivity contribution in [3.63, 3.8) is 0 Å². The van der Waals surface area contributed by atoms with E-state index in [9.17, 15) is 14.0 Å². The molecule has 0 saturated carbocycles. The lowest BCUT2D eigenvalue weighted by Crippen LogP contribution is -2.27. The number of anilines is 2. The number of nitrogen functional groups attached to an aromatic ring is 1. The third-order valence-corrected chi connectivity index (χ3v) is 5.13. The van der Waals surface area contributed by atoms with Crippen LogP contribution in [0.3, 0.4) is 0 Å². The average molecular weight is 486 g/mol. The molecular formula is C22H14Cl2FN5O3. The van der Waals surface area contributed by atoms with E-state index in [-0.39, 0.29) is 33.1 Å². The summed E-state index contributed by atoms with van der Waals surface area (Å²) in [4.78, 5) is 33.2. The molecule has 2 heterocycles. The van der Waals surface area contributed by atoms with Crippen molar-refractivity contribution in [1.82, 2.24) is 14.5 Å². The second-order valence-corrected chi connectivity index (χ2v) is 7.44. The fraction of sp³-hybridized carbons (Fsp3) is 0. The molecule has 4 rings (SSSR count). The maximum Gasteiger partial charge on any atom is 0.267 e. The molecule has 4 aromatic rings. The molecule has 0 aliphatic rings. The minimum absolute atomic E-state index is 0.0217. The number of nitrogens with two attached hydrogens (primary N) is 1. The normalized spacial score (nSPS) is 10.6. The standard InChI is InChI=1S/C22H14Cl2FN5O3/c23-16-10-13(5-8-17(16)33-21-18(24)19(26)27-11-28-21)29-20(31)15-2-1-9-30(22(15)32)14-6-3-12(25)4-7-14/h1-11H,(H,29,31)(H2,26,27,28). The van der Waals surface area contributed by atoms with Crippen molar-refractivity contribution < 1.29 is 13.9 Å². The highest BCUT2D eigenvalue weighted by atomic mass is 35.5. The lowest BCUT2D eigenvalue weighted by Gasteiger charge is -2.11. The summed E-state index contributed by atoms with van der Waals surface area (Å²) in [6, 6.07) is 12.7. The highest BCUT2D eigenvalue weighted by molar-refractivity contribution is 6.34. The Bertz CT molecular complexity index is 1410. The van der Waals surface area contributed by atoms with E-state index in [4.69, 9.17) is 33.7 Å². The topological polar surface area (TPSA) is 112 Å². The third kappa shape index (κ3) is 4.79. The maximum absolute atomic E-state index is 13.2. The number of rotatable bonds is 5. The monoisotopic (exact) mass is 485 g/mol. The van der Waals surface area contributed by atoms with Gasteiger partial charge in [-0.15, -0.1) is 0 Å². The first-order valence-corrected chi connectivity index (χ1v) is 10.1. The van der Waals surface area contributed by atoms with Crippen molar-refractivity contribution >= 4 is 40.6 Å². The van der Waals surface area contributed by atoms with Gasteiger partial charge in [0.2, 0.25) is 5.88 Å². The first kappa shape index (κ1) is 22.3. The van der Waals surface area contributed by atoms with Gasteiger partial charge in [0.1, 0.15) is 34.3 Å². The van der Waals surface area contributed by atoms with Crippen LogP contribution in [0.25, 0.3) is 5.69 Å². The molecule has 0 unspecified atom stereocenters. The zero-order valence-corrected chi connectivity index (χ0v) is 18.1. The van der Waals surface area contributed by atoms with E-state index in [1.54, 1.807) is 6.07 Å². The summed E-state index contributed by atoms with van der Waals surface area (Å²) in [7, 11) is 0. The maximum atomic E-state index is 13.2. The highest BCUT2D eigenvalue weighted by Crippen LogP contribution is 2.35. The molecule has 0 spiro atoms. The molecular weight excluding hydrogens is 472 g/mol. The predicted molar refractivity (Wildman–Crippen MR) is 123 cm³/mol. The van der Waals surface area contributed by atoms with E-state index in [2.05, 4.69) is 15.3 Å². The van der Waals surface area contributed by atoms with Crippen LogP contribution in [-0.4, -0.2) is 20.4 Å². The second-order valence-electron chi connectivity index (χ2n) is 6.65. The number of ether oxygens (including phenoxy) is 1. The van der Waals surface area contributed by atoms with Gasteiger partial charge in [0.25, 0.3) is 11.5 Å². The Labute approximate surface area is 196 Å². The molecule has 2 aromatic heterocycles. The molecule has 0 atom stereocenters. The van der Waals surface area contributed by atoms with E-state index in [1.807, 2.05) is 0 Å². The number of nitrogens with one attached hydrogen (secondary N) is 1. The van der Waals surface area contributed by atoms with Crippen LogP contribution in [0.4, 0.5) is 15.9 Å². The van der Waals surface area contributed by atoms with Crippen LogP contribution < -0.4 is 21.3 Å². The summed E-state index contributed by atoms with van der Waals surface area (Å²) >= 11 is 12.3. The number of aromatic nitrogens is 3. The van der Waals surface area contributed by atoms with Gasteiger partial charge in [-0.2, -0.15) is 4.98 Å². The molecule has 8 nitrogen and oxygen atoms in total.